The van der Waals surface area contributed by atoms with Crippen molar-refractivity contribution >= 4 is 28.4 Å². The van der Waals surface area contributed by atoms with Gasteiger partial charge in [0.25, 0.3) is 0 Å². The molecule has 0 fully saturated rings. The number of fused-ring (bicyclic) bond motifs is 1. The number of ether oxygens (including phenoxy) is 2. The molecular formula is C31H26N2O3S. The van der Waals surface area contributed by atoms with Gasteiger partial charge in [0.2, 0.25) is 5.91 Å². The van der Waals surface area contributed by atoms with E-state index in [0.717, 1.165) is 16.7 Å². The molecule has 0 bridgehead atoms. The maximum Gasteiger partial charge on any atom is 0.225 e. The van der Waals surface area contributed by atoms with Crippen LogP contribution in [0.3, 0.4) is 0 Å². The molecule has 4 aromatic carbocycles. The van der Waals surface area contributed by atoms with Crippen LogP contribution >= 0.6 is 11.8 Å². The monoisotopic (exact) mass is 506 g/mol. The average molecular weight is 507 g/mol. The van der Waals surface area contributed by atoms with Crippen LogP contribution in [0.4, 0.5) is 0 Å². The van der Waals surface area contributed by atoms with Crippen LogP contribution in [0.25, 0.3) is 10.8 Å². The summed E-state index contributed by atoms with van der Waals surface area (Å²) in [6.45, 7) is 0.417. The van der Waals surface area contributed by atoms with Gasteiger partial charge in [-0.3, -0.25) is 4.79 Å². The Labute approximate surface area is 220 Å². The second-order valence-corrected chi connectivity index (χ2v) is 9.76. The lowest BCUT2D eigenvalue weighted by Gasteiger charge is -2.26. The number of carbonyl (C=O) groups is 1. The van der Waals surface area contributed by atoms with E-state index in [-0.39, 0.29) is 18.2 Å². The van der Waals surface area contributed by atoms with E-state index in [9.17, 15) is 10.1 Å². The fourth-order valence-electron chi connectivity index (χ4n) is 4.54. The average Bonchev–Trinajstić information content (AvgIpc) is 2.95. The first-order chi connectivity index (χ1) is 18.2. The van der Waals surface area contributed by atoms with Crippen molar-refractivity contribution in [3.05, 3.63) is 118 Å². The molecule has 184 valence electrons. The maximum absolute atomic E-state index is 12.7. The summed E-state index contributed by atoms with van der Waals surface area (Å²) in [6, 6.07) is 32.3. The highest BCUT2D eigenvalue weighted by atomic mass is 32.2. The first kappa shape index (κ1) is 24.5. The number of nitrogens with one attached hydrogen (secondary N) is 1. The van der Waals surface area contributed by atoms with E-state index in [1.54, 1.807) is 7.11 Å². The van der Waals surface area contributed by atoms with E-state index in [2.05, 4.69) is 35.7 Å². The van der Waals surface area contributed by atoms with Gasteiger partial charge in [0.15, 0.2) is 11.5 Å². The first-order valence-electron chi connectivity index (χ1n) is 12.0. The summed E-state index contributed by atoms with van der Waals surface area (Å²) < 4.78 is 11.6. The predicted octanol–water partition coefficient (Wildman–Crippen LogP) is 6.70. The zero-order chi connectivity index (χ0) is 25.6. The van der Waals surface area contributed by atoms with Gasteiger partial charge in [0, 0.05) is 18.1 Å². The molecule has 37 heavy (non-hydrogen) atoms. The van der Waals surface area contributed by atoms with Gasteiger partial charge in [-0.1, -0.05) is 78.9 Å². The Kier molecular flexibility index (Phi) is 7.43. The number of hydrogen-bond acceptors (Lipinski definition) is 5. The summed E-state index contributed by atoms with van der Waals surface area (Å²) in [5.74, 6) is 1.37. The van der Waals surface area contributed by atoms with Crippen molar-refractivity contribution in [2.45, 2.75) is 24.7 Å². The molecule has 0 unspecified atom stereocenters. The molecule has 0 aromatic heterocycles. The quantitative estimate of drug-likeness (QED) is 0.288. The zero-order valence-corrected chi connectivity index (χ0v) is 21.3. The van der Waals surface area contributed by atoms with E-state index in [0.29, 0.717) is 34.5 Å². The van der Waals surface area contributed by atoms with Gasteiger partial charge in [0.05, 0.1) is 23.8 Å². The number of thioether (sulfide) groups is 1. The number of methoxy groups -OCH3 is 1. The summed E-state index contributed by atoms with van der Waals surface area (Å²) in [4.78, 5) is 12.7. The number of rotatable bonds is 8. The topological polar surface area (TPSA) is 71.3 Å². The molecule has 0 radical (unpaired) electrons. The van der Waals surface area contributed by atoms with Crippen LogP contribution in [-0.4, -0.2) is 13.0 Å². The van der Waals surface area contributed by atoms with E-state index in [4.69, 9.17) is 9.47 Å². The van der Waals surface area contributed by atoms with Gasteiger partial charge in [0.1, 0.15) is 6.61 Å². The Bertz CT molecular complexity index is 1500. The Balaban J connectivity index is 1.39. The van der Waals surface area contributed by atoms with Crippen molar-refractivity contribution in [1.82, 2.24) is 5.32 Å². The minimum absolute atomic E-state index is 0.104. The number of benzene rings is 4. The van der Waals surface area contributed by atoms with Crippen molar-refractivity contribution in [3.8, 4) is 17.6 Å². The molecule has 0 aliphatic carbocycles. The highest BCUT2D eigenvalue weighted by Crippen LogP contribution is 2.40. The van der Waals surface area contributed by atoms with E-state index < -0.39 is 0 Å². The molecule has 5 rings (SSSR count). The SMILES string of the molecule is COc1cc([C@H]2CC(=O)NC(SCc3cccc4ccccc34)=C2C#N)ccc1OCc1ccccc1. The number of hydrogen-bond donors (Lipinski definition) is 1. The Morgan fingerprint density at radius 2 is 1.76 bits per heavy atom. The largest absolute Gasteiger partial charge is 0.493 e. The summed E-state index contributed by atoms with van der Waals surface area (Å²) in [5, 5.41) is 16.0. The lowest BCUT2D eigenvalue weighted by atomic mass is 9.87. The van der Waals surface area contributed by atoms with Crippen molar-refractivity contribution in [3.63, 3.8) is 0 Å². The molecule has 4 aromatic rings. The lowest BCUT2D eigenvalue weighted by Crippen LogP contribution is -2.30. The summed E-state index contributed by atoms with van der Waals surface area (Å²) in [7, 11) is 1.59. The van der Waals surface area contributed by atoms with Crippen molar-refractivity contribution in [2.24, 2.45) is 0 Å². The van der Waals surface area contributed by atoms with Gasteiger partial charge >= 0.3 is 0 Å². The molecule has 5 nitrogen and oxygen atoms in total. The molecule has 6 heteroatoms. The first-order valence-corrected chi connectivity index (χ1v) is 13.0. The summed E-state index contributed by atoms with van der Waals surface area (Å²) in [5.41, 5.74) is 3.62. The second-order valence-electron chi connectivity index (χ2n) is 8.77. The van der Waals surface area contributed by atoms with Crippen molar-refractivity contribution in [2.75, 3.05) is 7.11 Å². The van der Waals surface area contributed by atoms with Crippen LogP contribution in [0.2, 0.25) is 0 Å². The third-order valence-electron chi connectivity index (χ3n) is 6.44. The molecule has 0 spiro atoms. The molecule has 1 aliphatic rings. The molecule has 0 saturated heterocycles. The Morgan fingerprint density at radius 1 is 0.973 bits per heavy atom. The third-order valence-corrected chi connectivity index (χ3v) is 7.50. The molecule has 0 saturated carbocycles. The highest BCUT2D eigenvalue weighted by molar-refractivity contribution is 8.02. The van der Waals surface area contributed by atoms with Gasteiger partial charge in [-0.2, -0.15) is 5.26 Å². The predicted molar refractivity (Wildman–Crippen MR) is 147 cm³/mol. The fourth-order valence-corrected chi connectivity index (χ4v) is 5.62. The normalized spacial score (nSPS) is 15.2. The van der Waals surface area contributed by atoms with Gasteiger partial charge in [-0.15, -0.1) is 11.8 Å². The molecule has 1 atom stereocenters. The van der Waals surface area contributed by atoms with Crippen LogP contribution < -0.4 is 14.8 Å². The maximum atomic E-state index is 12.7. The van der Waals surface area contributed by atoms with Gasteiger partial charge < -0.3 is 14.8 Å². The van der Waals surface area contributed by atoms with Gasteiger partial charge in [-0.25, -0.2) is 0 Å². The Morgan fingerprint density at radius 3 is 2.57 bits per heavy atom. The number of allylic oxidation sites excluding steroid dienone is 1. The van der Waals surface area contributed by atoms with E-state index in [1.807, 2.05) is 66.7 Å². The second kappa shape index (κ2) is 11.2. The number of nitrogens with zero attached hydrogens (tertiary/aromatic N) is 1. The number of amides is 1. The zero-order valence-electron chi connectivity index (χ0n) is 20.4. The highest BCUT2D eigenvalue weighted by Gasteiger charge is 2.30. The van der Waals surface area contributed by atoms with Crippen LogP contribution in [0.15, 0.2) is 102 Å². The third kappa shape index (κ3) is 5.47. The van der Waals surface area contributed by atoms with Crippen molar-refractivity contribution < 1.29 is 14.3 Å². The van der Waals surface area contributed by atoms with E-state index in [1.165, 1.54) is 22.5 Å². The molecule has 1 amide bonds. The van der Waals surface area contributed by atoms with Gasteiger partial charge in [-0.05, 0) is 39.6 Å². The Hall–Kier alpha value is -4.21. The van der Waals surface area contributed by atoms with Crippen molar-refractivity contribution in [1.29, 1.82) is 5.26 Å². The smallest absolute Gasteiger partial charge is 0.225 e. The summed E-state index contributed by atoms with van der Waals surface area (Å²) >= 11 is 1.49. The van der Waals surface area contributed by atoms with Crippen LogP contribution in [0.5, 0.6) is 11.5 Å². The summed E-state index contributed by atoms with van der Waals surface area (Å²) in [6.07, 6.45) is 0.203. The minimum atomic E-state index is -0.356. The van der Waals surface area contributed by atoms with Crippen LogP contribution in [0.1, 0.15) is 29.0 Å². The number of nitriles is 1. The molecule has 1 N–H and O–H groups in total. The standard InChI is InChI=1S/C31H26N2O3S/c1-35-29-16-23(14-15-28(29)36-19-21-8-3-2-4-9-21)26-17-30(34)33-31(27(26)18-32)37-20-24-12-7-11-22-10-5-6-13-25(22)24/h2-16,26H,17,19-20H2,1H3,(H,33,34)/t26-/m1/s1. The minimum Gasteiger partial charge on any atom is -0.493 e. The number of carbonyl (C=O) groups excluding carboxylic acids is 1. The molecule has 1 heterocycles. The molecule has 1 aliphatic heterocycles. The van der Waals surface area contributed by atoms with E-state index >= 15 is 0 Å². The molecular weight excluding hydrogens is 480 g/mol. The fraction of sp³-hybridized carbons (Fsp3) is 0.161. The van der Waals surface area contributed by atoms with Crippen LogP contribution in [0, 0.1) is 11.3 Å². The lowest BCUT2D eigenvalue weighted by molar-refractivity contribution is -0.120. The van der Waals surface area contributed by atoms with Crippen LogP contribution in [-0.2, 0) is 17.2 Å².